The zero-order chi connectivity index (χ0) is 30.7. The molecule has 4 N–H and O–H groups in total. The smallest absolute Gasteiger partial charge is 0.306 e. The molecule has 0 aromatic heterocycles. The standard InChI is InChI=1S/C32H60O10/c1-2-3-4-5-6-7-8-9-10-11-12-13-14-15-16-27(32(36)37)17-21-38-26-29(40-23-19-34)31-28(39-22-18-33)25-30(42-31)41-24-20-35/h9-10,27-31,33-35H,2-8,11-26H2,1H3,(H,36,37). The van der Waals surface area contributed by atoms with Crippen LogP contribution in [0.4, 0.5) is 0 Å². The molecule has 1 aliphatic heterocycles. The molecule has 1 aliphatic rings. The van der Waals surface area contributed by atoms with Crippen molar-refractivity contribution >= 4 is 5.97 Å². The highest BCUT2D eigenvalue weighted by Gasteiger charge is 2.42. The molecule has 0 spiro atoms. The number of carboxylic acid groups (broad SMARTS) is 1. The highest BCUT2D eigenvalue weighted by atomic mass is 16.7. The molecule has 0 amide bonds. The third kappa shape index (κ3) is 19.2. The molecule has 5 unspecified atom stereocenters. The number of rotatable bonds is 30. The zero-order valence-electron chi connectivity index (χ0n) is 26.0. The summed E-state index contributed by atoms with van der Waals surface area (Å²) in [6.07, 6.45) is 18.3. The highest BCUT2D eigenvalue weighted by molar-refractivity contribution is 5.69. The van der Waals surface area contributed by atoms with E-state index in [9.17, 15) is 20.1 Å². The highest BCUT2D eigenvalue weighted by Crippen LogP contribution is 2.28. The lowest BCUT2D eigenvalue weighted by Crippen LogP contribution is -2.42. The van der Waals surface area contributed by atoms with Crippen molar-refractivity contribution in [1.29, 1.82) is 0 Å². The van der Waals surface area contributed by atoms with Gasteiger partial charge in [0.05, 0.1) is 58.3 Å². The number of carbonyl (C=O) groups is 1. The van der Waals surface area contributed by atoms with Crippen LogP contribution in [-0.2, 0) is 28.5 Å². The molecule has 0 bridgehead atoms. The van der Waals surface area contributed by atoms with Crippen molar-refractivity contribution in [3.05, 3.63) is 12.2 Å². The van der Waals surface area contributed by atoms with E-state index < -0.39 is 36.5 Å². The Hall–Kier alpha value is -1.11. The molecule has 1 fully saturated rings. The molecule has 42 heavy (non-hydrogen) atoms. The van der Waals surface area contributed by atoms with Crippen LogP contribution in [0.3, 0.4) is 0 Å². The lowest BCUT2D eigenvalue weighted by Gasteiger charge is -2.27. The van der Waals surface area contributed by atoms with Crippen molar-refractivity contribution in [1.82, 2.24) is 0 Å². The fraction of sp³-hybridized carbons (Fsp3) is 0.906. The van der Waals surface area contributed by atoms with Crippen molar-refractivity contribution in [2.24, 2.45) is 5.92 Å². The van der Waals surface area contributed by atoms with Gasteiger partial charge in [0.25, 0.3) is 0 Å². The van der Waals surface area contributed by atoms with Gasteiger partial charge in [0.15, 0.2) is 6.29 Å². The van der Waals surface area contributed by atoms with Gasteiger partial charge in [-0.25, -0.2) is 0 Å². The molecular formula is C32H60O10. The maximum absolute atomic E-state index is 11.8. The van der Waals surface area contributed by atoms with Gasteiger partial charge < -0.3 is 44.1 Å². The number of aliphatic carboxylic acids is 1. The minimum Gasteiger partial charge on any atom is -0.481 e. The number of unbranched alkanes of at least 4 members (excludes halogenated alkanes) is 10. The van der Waals surface area contributed by atoms with Crippen LogP contribution in [0, 0.1) is 5.92 Å². The number of carboxylic acids is 1. The Morgan fingerprint density at radius 3 is 2.07 bits per heavy atom. The van der Waals surface area contributed by atoms with Gasteiger partial charge in [-0.1, -0.05) is 70.4 Å². The predicted octanol–water partition coefficient (Wildman–Crippen LogP) is 4.62. The maximum Gasteiger partial charge on any atom is 0.306 e. The molecule has 10 heteroatoms. The van der Waals surface area contributed by atoms with Crippen LogP contribution in [0.25, 0.3) is 0 Å². The molecule has 0 aromatic carbocycles. The van der Waals surface area contributed by atoms with Crippen LogP contribution in [0.5, 0.6) is 0 Å². The summed E-state index contributed by atoms with van der Waals surface area (Å²) >= 11 is 0. The topological polar surface area (TPSA) is 144 Å². The van der Waals surface area contributed by atoms with E-state index in [1.165, 1.54) is 44.9 Å². The van der Waals surface area contributed by atoms with Gasteiger partial charge in [0.2, 0.25) is 0 Å². The minimum absolute atomic E-state index is 0.0788. The predicted molar refractivity (Wildman–Crippen MR) is 161 cm³/mol. The van der Waals surface area contributed by atoms with Crippen LogP contribution >= 0.6 is 0 Å². The Morgan fingerprint density at radius 1 is 0.810 bits per heavy atom. The molecule has 1 heterocycles. The fourth-order valence-electron chi connectivity index (χ4n) is 5.17. The monoisotopic (exact) mass is 604 g/mol. The van der Waals surface area contributed by atoms with E-state index in [2.05, 4.69) is 19.1 Å². The van der Waals surface area contributed by atoms with Gasteiger partial charge >= 0.3 is 5.97 Å². The zero-order valence-corrected chi connectivity index (χ0v) is 26.0. The van der Waals surface area contributed by atoms with Gasteiger partial charge in [-0.3, -0.25) is 4.79 Å². The largest absolute Gasteiger partial charge is 0.481 e. The molecule has 0 aliphatic carbocycles. The Labute approximate surface area is 253 Å². The summed E-state index contributed by atoms with van der Waals surface area (Å²) in [7, 11) is 0. The average Bonchev–Trinajstić information content (AvgIpc) is 3.40. The summed E-state index contributed by atoms with van der Waals surface area (Å²) in [5, 5.41) is 37.2. The van der Waals surface area contributed by atoms with E-state index in [0.29, 0.717) is 19.3 Å². The summed E-state index contributed by atoms with van der Waals surface area (Å²) in [6.45, 7) is 2.51. The first kappa shape index (κ1) is 38.9. The molecule has 0 radical (unpaired) electrons. The average molecular weight is 605 g/mol. The van der Waals surface area contributed by atoms with E-state index in [-0.39, 0.29) is 52.9 Å². The molecule has 5 atom stereocenters. The first-order valence-corrected chi connectivity index (χ1v) is 16.4. The number of aliphatic hydroxyl groups is 3. The molecule has 1 rings (SSSR count). The summed E-state index contributed by atoms with van der Waals surface area (Å²) < 4.78 is 28.8. The number of hydrogen-bond acceptors (Lipinski definition) is 9. The Kier molecular flexibility index (Phi) is 25.4. The van der Waals surface area contributed by atoms with E-state index in [0.717, 1.165) is 32.1 Å². The van der Waals surface area contributed by atoms with Crippen molar-refractivity contribution in [3.63, 3.8) is 0 Å². The number of ether oxygens (including phenoxy) is 5. The lowest BCUT2D eigenvalue weighted by molar-refractivity contribution is -0.183. The van der Waals surface area contributed by atoms with E-state index >= 15 is 0 Å². The van der Waals surface area contributed by atoms with Crippen molar-refractivity contribution in [2.75, 3.05) is 52.9 Å². The second kappa shape index (κ2) is 27.4. The number of hydrogen-bond donors (Lipinski definition) is 4. The number of aliphatic hydroxyl groups excluding tert-OH is 3. The first-order chi connectivity index (χ1) is 20.6. The Bertz CT molecular complexity index is 647. The third-order valence-corrected chi connectivity index (χ3v) is 7.51. The van der Waals surface area contributed by atoms with Gasteiger partial charge in [0, 0.05) is 13.0 Å². The van der Waals surface area contributed by atoms with Gasteiger partial charge in [0.1, 0.15) is 12.2 Å². The minimum atomic E-state index is -0.801. The van der Waals surface area contributed by atoms with Crippen LogP contribution in [-0.4, -0.2) is 104 Å². The summed E-state index contributed by atoms with van der Waals surface area (Å²) in [4.78, 5) is 11.8. The van der Waals surface area contributed by atoms with Crippen LogP contribution in [0.1, 0.15) is 103 Å². The SMILES string of the molecule is CCCCCCCCC=CCCCCCCC(CCOCC(OCCO)C1OC(OCCO)CC1OCCO)C(=O)O. The summed E-state index contributed by atoms with van der Waals surface area (Å²) in [5.74, 6) is -1.26. The maximum atomic E-state index is 11.8. The van der Waals surface area contributed by atoms with Crippen LogP contribution < -0.4 is 0 Å². The molecule has 248 valence electrons. The van der Waals surface area contributed by atoms with Gasteiger partial charge in [-0.15, -0.1) is 0 Å². The van der Waals surface area contributed by atoms with E-state index in [1.807, 2.05) is 0 Å². The second-order valence-electron chi connectivity index (χ2n) is 11.0. The molecular weight excluding hydrogens is 544 g/mol. The number of allylic oxidation sites excluding steroid dienone is 2. The lowest BCUT2D eigenvalue weighted by atomic mass is 9.97. The fourth-order valence-corrected chi connectivity index (χ4v) is 5.17. The van der Waals surface area contributed by atoms with Gasteiger partial charge in [-0.2, -0.15) is 0 Å². The van der Waals surface area contributed by atoms with Crippen LogP contribution in [0.15, 0.2) is 12.2 Å². The van der Waals surface area contributed by atoms with Crippen molar-refractivity contribution < 1.29 is 48.9 Å². The Morgan fingerprint density at radius 2 is 1.43 bits per heavy atom. The first-order valence-electron chi connectivity index (χ1n) is 16.4. The summed E-state index contributed by atoms with van der Waals surface area (Å²) in [6, 6.07) is 0. The Balaban J connectivity index is 2.32. The molecule has 1 saturated heterocycles. The molecule has 0 aromatic rings. The van der Waals surface area contributed by atoms with E-state index in [1.54, 1.807) is 0 Å². The van der Waals surface area contributed by atoms with E-state index in [4.69, 9.17) is 28.8 Å². The van der Waals surface area contributed by atoms with Crippen molar-refractivity contribution in [3.8, 4) is 0 Å². The van der Waals surface area contributed by atoms with Crippen LogP contribution in [0.2, 0.25) is 0 Å². The quantitative estimate of drug-likeness (QED) is 0.0677. The molecule has 10 nitrogen and oxygen atoms in total. The second-order valence-corrected chi connectivity index (χ2v) is 11.0. The third-order valence-electron chi connectivity index (χ3n) is 7.51. The summed E-state index contributed by atoms with van der Waals surface area (Å²) in [5.41, 5.74) is 0. The molecule has 0 saturated carbocycles. The normalized spacial score (nSPS) is 20.4. The van der Waals surface area contributed by atoms with Gasteiger partial charge in [-0.05, 0) is 38.5 Å². The van der Waals surface area contributed by atoms with Crippen molar-refractivity contribution in [2.45, 2.75) is 128 Å².